The molecule has 0 spiro atoms. The van der Waals surface area contributed by atoms with Crippen molar-refractivity contribution < 1.29 is 13.2 Å². The van der Waals surface area contributed by atoms with Gasteiger partial charge in [-0.05, 0) is 30.7 Å². The number of nitrogens with zero attached hydrogens (tertiary/aromatic N) is 2. The zero-order valence-corrected chi connectivity index (χ0v) is 11.1. The van der Waals surface area contributed by atoms with Gasteiger partial charge in [-0.2, -0.15) is 18.3 Å². The van der Waals surface area contributed by atoms with E-state index in [0.29, 0.717) is 6.54 Å². The largest absolute Gasteiger partial charge is 0.390 e. The predicted octanol–water partition coefficient (Wildman–Crippen LogP) is 3.30. The minimum Gasteiger partial charge on any atom is -0.310 e. The van der Waals surface area contributed by atoms with Crippen molar-refractivity contribution in [3.8, 4) is 5.69 Å². The molecule has 0 aliphatic heterocycles. The van der Waals surface area contributed by atoms with Crippen LogP contribution in [0.25, 0.3) is 5.69 Å². The minimum atomic E-state index is -4.13. The van der Waals surface area contributed by atoms with Crippen molar-refractivity contribution >= 4 is 0 Å². The average Bonchev–Trinajstić information content (AvgIpc) is 2.89. The van der Waals surface area contributed by atoms with E-state index in [1.54, 1.807) is 10.9 Å². The van der Waals surface area contributed by atoms with E-state index in [2.05, 4.69) is 10.4 Å². The van der Waals surface area contributed by atoms with Crippen molar-refractivity contribution in [1.82, 2.24) is 15.1 Å². The van der Waals surface area contributed by atoms with Crippen LogP contribution in [0, 0.1) is 0 Å². The fraction of sp³-hybridized carbons (Fsp3) is 0.357. The molecular formula is C14H16F3N3. The maximum Gasteiger partial charge on any atom is 0.390 e. The summed E-state index contributed by atoms with van der Waals surface area (Å²) < 4.78 is 38.3. The third-order valence-electron chi connectivity index (χ3n) is 2.90. The smallest absolute Gasteiger partial charge is 0.310 e. The van der Waals surface area contributed by atoms with Gasteiger partial charge in [0.15, 0.2) is 0 Å². The molecule has 0 aliphatic rings. The Labute approximate surface area is 115 Å². The van der Waals surface area contributed by atoms with E-state index in [1.165, 1.54) is 6.92 Å². The van der Waals surface area contributed by atoms with Gasteiger partial charge >= 0.3 is 6.18 Å². The molecule has 1 aromatic carbocycles. The van der Waals surface area contributed by atoms with Crippen LogP contribution in [-0.2, 0) is 6.54 Å². The van der Waals surface area contributed by atoms with E-state index in [-0.39, 0.29) is 0 Å². The number of hydrogen-bond donors (Lipinski definition) is 1. The van der Waals surface area contributed by atoms with E-state index in [4.69, 9.17) is 0 Å². The number of benzene rings is 1. The molecule has 2 aromatic rings. The van der Waals surface area contributed by atoms with Gasteiger partial charge in [-0.3, -0.25) is 0 Å². The van der Waals surface area contributed by atoms with Crippen LogP contribution in [0.15, 0.2) is 42.7 Å². The Morgan fingerprint density at radius 1 is 1.25 bits per heavy atom. The van der Waals surface area contributed by atoms with Gasteiger partial charge in [0.2, 0.25) is 0 Å². The normalized spacial score (nSPS) is 13.4. The van der Waals surface area contributed by atoms with Gasteiger partial charge in [-0.15, -0.1) is 0 Å². The van der Waals surface area contributed by atoms with Crippen LogP contribution in [0.4, 0.5) is 13.2 Å². The van der Waals surface area contributed by atoms with E-state index >= 15 is 0 Å². The van der Waals surface area contributed by atoms with Crippen LogP contribution >= 0.6 is 0 Å². The van der Waals surface area contributed by atoms with Gasteiger partial charge in [0, 0.05) is 25.0 Å². The topological polar surface area (TPSA) is 29.9 Å². The molecule has 0 bridgehead atoms. The Hall–Kier alpha value is -1.82. The Kier molecular flexibility index (Phi) is 4.44. The molecule has 1 N–H and O–H groups in total. The van der Waals surface area contributed by atoms with E-state index in [0.717, 1.165) is 11.3 Å². The highest BCUT2D eigenvalue weighted by Gasteiger charge is 2.29. The molecule has 6 heteroatoms. The average molecular weight is 283 g/mol. The van der Waals surface area contributed by atoms with Crippen molar-refractivity contribution in [1.29, 1.82) is 0 Å². The lowest BCUT2D eigenvalue weighted by molar-refractivity contribution is -0.139. The van der Waals surface area contributed by atoms with Gasteiger partial charge in [0.05, 0.1) is 12.1 Å². The molecule has 0 fully saturated rings. The standard InChI is InChI=1S/C14H16F3N3/c1-11(9-14(15,16)17)18-10-12-3-5-13(6-4-12)20-8-2-7-19-20/h2-8,11,18H,9-10H2,1H3/t11-/m0/s1. The molecule has 0 amide bonds. The summed E-state index contributed by atoms with van der Waals surface area (Å²) in [5.74, 6) is 0. The zero-order chi connectivity index (χ0) is 14.6. The molecule has 1 aromatic heterocycles. The summed E-state index contributed by atoms with van der Waals surface area (Å²) in [6.07, 6.45) is -1.43. The molecule has 0 saturated heterocycles. The first-order valence-electron chi connectivity index (χ1n) is 6.33. The first kappa shape index (κ1) is 14.6. The second kappa shape index (κ2) is 6.09. The Bertz CT molecular complexity index is 518. The van der Waals surface area contributed by atoms with Gasteiger partial charge in [0.1, 0.15) is 0 Å². The molecule has 0 radical (unpaired) electrons. The van der Waals surface area contributed by atoms with Crippen molar-refractivity contribution in [2.45, 2.75) is 32.1 Å². The number of nitrogens with one attached hydrogen (secondary N) is 1. The molecule has 108 valence electrons. The molecule has 3 nitrogen and oxygen atoms in total. The van der Waals surface area contributed by atoms with Crippen LogP contribution in [-0.4, -0.2) is 22.0 Å². The molecule has 1 atom stereocenters. The van der Waals surface area contributed by atoms with Gasteiger partial charge in [-0.1, -0.05) is 12.1 Å². The minimum absolute atomic E-state index is 0.413. The lowest BCUT2D eigenvalue weighted by Gasteiger charge is -2.15. The molecule has 0 saturated carbocycles. The SMILES string of the molecule is C[C@@H](CC(F)(F)F)NCc1ccc(-n2cccn2)cc1. The molecule has 1 heterocycles. The number of hydrogen-bond acceptors (Lipinski definition) is 2. The zero-order valence-electron chi connectivity index (χ0n) is 11.1. The van der Waals surface area contributed by atoms with Crippen LogP contribution in [0.2, 0.25) is 0 Å². The van der Waals surface area contributed by atoms with Crippen molar-refractivity contribution in [2.75, 3.05) is 0 Å². The lowest BCUT2D eigenvalue weighted by Crippen LogP contribution is -2.30. The third-order valence-corrected chi connectivity index (χ3v) is 2.90. The predicted molar refractivity (Wildman–Crippen MR) is 70.5 cm³/mol. The maximum absolute atomic E-state index is 12.2. The quantitative estimate of drug-likeness (QED) is 0.912. The first-order valence-corrected chi connectivity index (χ1v) is 6.33. The number of halogens is 3. The van der Waals surface area contributed by atoms with Gasteiger partial charge in [-0.25, -0.2) is 4.68 Å². The van der Waals surface area contributed by atoms with Crippen molar-refractivity contribution in [2.24, 2.45) is 0 Å². The summed E-state index contributed by atoms with van der Waals surface area (Å²) in [4.78, 5) is 0. The highest BCUT2D eigenvalue weighted by Crippen LogP contribution is 2.21. The summed E-state index contributed by atoms with van der Waals surface area (Å²) in [7, 11) is 0. The fourth-order valence-electron chi connectivity index (χ4n) is 1.90. The molecule has 2 rings (SSSR count). The van der Waals surface area contributed by atoms with E-state index in [9.17, 15) is 13.2 Å². The number of rotatable bonds is 5. The van der Waals surface area contributed by atoms with Crippen LogP contribution in [0.3, 0.4) is 0 Å². The third kappa shape index (κ3) is 4.38. The summed E-state index contributed by atoms with van der Waals surface area (Å²) in [6.45, 7) is 1.95. The Balaban J connectivity index is 1.88. The molecule has 0 aliphatic carbocycles. The Morgan fingerprint density at radius 2 is 1.95 bits per heavy atom. The number of alkyl halides is 3. The highest BCUT2D eigenvalue weighted by molar-refractivity contribution is 5.33. The second-order valence-corrected chi connectivity index (χ2v) is 4.72. The maximum atomic E-state index is 12.2. The monoisotopic (exact) mass is 283 g/mol. The molecule has 20 heavy (non-hydrogen) atoms. The van der Waals surface area contributed by atoms with Crippen molar-refractivity contribution in [3.05, 3.63) is 48.3 Å². The van der Waals surface area contributed by atoms with Gasteiger partial charge < -0.3 is 5.32 Å². The van der Waals surface area contributed by atoms with Crippen LogP contribution in [0.5, 0.6) is 0 Å². The lowest BCUT2D eigenvalue weighted by atomic mass is 10.1. The Morgan fingerprint density at radius 3 is 2.50 bits per heavy atom. The number of aromatic nitrogens is 2. The van der Waals surface area contributed by atoms with Gasteiger partial charge in [0.25, 0.3) is 0 Å². The molecule has 0 unspecified atom stereocenters. The summed E-state index contributed by atoms with van der Waals surface area (Å²) in [6, 6.07) is 8.76. The fourth-order valence-corrected chi connectivity index (χ4v) is 1.90. The summed E-state index contributed by atoms with van der Waals surface area (Å²) >= 11 is 0. The second-order valence-electron chi connectivity index (χ2n) is 4.72. The van der Waals surface area contributed by atoms with Crippen LogP contribution < -0.4 is 5.32 Å². The summed E-state index contributed by atoms with van der Waals surface area (Å²) in [5.41, 5.74) is 1.86. The van der Waals surface area contributed by atoms with E-state index in [1.807, 2.05) is 36.5 Å². The highest BCUT2D eigenvalue weighted by atomic mass is 19.4. The summed E-state index contributed by atoms with van der Waals surface area (Å²) in [5, 5.41) is 6.97. The molecular weight excluding hydrogens is 267 g/mol. The first-order chi connectivity index (χ1) is 9.44. The van der Waals surface area contributed by atoms with Crippen molar-refractivity contribution in [3.63, 3.8) is 0 Å². The van der Waals surface area contributed by atoms with Crippen LogP contribution in [0.1, 0.15) is 18.9 Å². The van der Waals surface area contributed by atoms with E-state index < -0.39 is 18.6 Å².